The highest BCUT2D eigenvalue weighted by Gasteiger charge is 1.92. The third kappa shape index (κ3) is 4.08. The number of alkyl halides is 1. The molecule has 0 saturated carbocycles. The third-order valence-corrected chi connectivity index (χ3v) is 0.993. The van der Waals surface area contributed by atoms with Crippen molar-refractivity contribution < 1.29 is 4.79 Å². The Labute approximate surface area is 56.9 Å². The number of carbonyl (C=O) groups is 1. The Balaban J connectivity index is 2.99. The molecule has 0 aromatic heterocycles. The van der Waals surface area contributed by atoms with Crippen LogP contribution in [0.25, 0.3) is 0 Å². The van der Waals surface area contributed by atoms with Gasteiger partial charge in [-0.15, -0.1) is 5.43 Å². The highest BCUT2D eigenvalue weighted by atomic mass is 79.9. The number of nitrogens with zero attached hydrogens (tertiary/aromatic N) is 1. The maximum absolute atomic E-state index is 10.3. The highest BCUT2D eigenvalue weighted by molar-refractivity contribution is 9.09. The molecule has 0 aromatic rings. The van der Waals surface area contributed by atoms with Crippen molar-refractivity contribution in [2.75, 3.05) is 11.9 Å². The lowest BCUT2D eigenvalue weighted by Gasteiger charge is -1.96. The summed E-state index contributed by atoms with van der Waals surface area (Å²) in [5.74, 6) is -0.105. The second-order valence-electron chi connectivity index (χ2n) is 1.14. The zero-order chi connectivity index (χ0) is 6.41. The summed E-state index contributed by atoms with van der Waals surface area (Å²) < 4.78 is 0. The summed E-state index contributed by atoms with van der Waals surface area (Å²) in [6.07, 6.45) is 0. The Morgan fingerprint density at radius 2 is 2.50 bits per heavy atom. The van der Waals surface area contributed by atoms with Gasteiger partial charge in [-0.1, -0.05) is 15.9 Å². The number of nitrogens with one attached hydrogen (secondary N) is 1. The predicted octanol–water partition coefficient (Wildman–Crippen LogP) is 0.0368. The Kier molecular flexibility index (Phi) is 5.00. The minimum Gasteiger partial charge on any atom is -0.273 e. The number of amides is 1. The average molecular weight is 180 g/mol. The van der Waals surface area contributed by atoms with E-state index in [9.17, 15) is 4.79 Å². The normalized spacial score (nSPS) is 8.75. The molecule has 0 rings (SSSR count). The average Bonchev–Trinajstić information content (AvgIpc) is 1.83. The molecule has 0 heterocycles. The Bertz CT molecular complexity index is 76.4. The van der Waals surface area contributed by atoms with Gasteiger partial charge in [0.1, 0.15) is 0 Å². The smallest absolute Gasteiger partial charge is 0.246 e. The molecule has 8 heavy (non-hydrogen) atoms. The van der Waals surface area contributed by atoms with E-state index in [4.69, 9.17) is 0 Å². The molecular formula is C4H8BrN2O. The highest BCUT2D eigenvalue weighted by Crippen LogP contribution is 1.75. The predicted molar refractivity (Wildman–Crippen MR) is 34.6 cm³/mol. The van der Waals surface area contributed by atoms with Gasteiger partial charge < -0.3 is 0 Å². The molecular weight excluding hydrogens is 172 g/mol. The molecule has 3 nitrogen and oxygen atoms in total. The molecule has 1 radical (unpaired) electrons. The summed E-state index contributed by atoms with van der Waals surface area (Å²) in [5, 5.41) is 0.316. The number of hydrogen-bond acceptors (Lipinski definition) is 1. The molecule has 0 aliphatic heterocycles. The van der Waals surface area contributed by atoms with Crippen LogP contribution in [0.4, 0.5) is 0 Å². The van der Waals surface area contributed by atoms with Crippen LogP contribution < -0.4 is 10.9 Å². The van der Waals surface area contributed by atoms with Gasteiger partial charge in [0, 0.05) is 6.54 Å². The van der Waals surface area contributed by atoms with Crippen LogP contribution >= 0.6 is 15.9 Å². The lowest BCUT2D eigenvalue weighted by molar-refractivity contribution is -0.119. The van der Waals surface area contributed by atoms with E-state index in [1.807, 2.05) is 6.92 Å². The topological polar surface area (TPSA) is 43.2 Å². The summed E-state index contributed by atoms with van der Waals surface area (Å²) >= 11 is 2.97. The van der Waals surface area contributed by atoms with Crippen LogP contribution in [0.15, 0.2) is 0 Å². The number of rotatable bonds is 3. The standard InChI is InChI=1S/C4H8BrN2O/c1-2-6-7-4(8)3-5/h2-3H2,1H3,(H,7,8). The van der Waals surface area contributed by atoms with Crippen LogP contribution in [0.3, 0.4) is 0 Å². The summed E-state index contributed by atoms with van der Waals surface area (Å²) in [4.78, 5) is 10.3. The van der Waals surface area contributed by atoms with E-state index in [1.165, 1.54) is 0 Å². The van der Waals surface area contributed by atoms with Crippen molar-refractivity contribution in [1.82, 2.24) is 10.9 Å². The molecule has 0 aromatic carbocycles. The van der Waals surface area contributed by atoms with E-state index in [2.05, 4.69) is 26.8 Å². The van der Waals surface area contributed by atoms with Crippen molar-refractivity contribution in [3.63, 3.8) is 0 Å². The van der Waals surface area contributed by atoms with Crippen molar-refractivity contribution in [1.29, 1.82) is 0 Å². The van der Waals surface area contributed by atoms with Gasteiger partial charge in [0.2, 0.25) is 5.91 Å². The quantitative estimate of drug-likeness (QED) is 0.483. The zero-order valence-corrected chi connectivity index (χ0v) is 6.23. The van der Waals surface area contributed by atoms with Crippen molar-refractivity contribution in [3.05, 3.63) is 0 Å². The van der Waals surface area contributed by atoms with Crippen LogP contribution in [-0.4, -0.2) is 17.8 Å². The molecule has 0 bridgehead atoms. The SMILES string of the molecule is CC[N]NC(=O)CBr. The molecule has 1 N–H and O–H groups in total. The van der Waals surface area contributed by atoms with Crippen LogP contribution in [0, 0.1) is 0 Å². The van der Waals surface area contributed by atoms with Gasteiger partial charge in [-0.25, -0.2) is 0 Å². The van der Waals surface area contributed by atoms with Crippen LogP contribution in [0.1, 0.15) is 6.92 Å². The number of halogens is 1. The zero-order valence-electron chi connectivity index (χ0n) is 4.65. The van der Waals surface area contributed by atoms with E-state index < -0.39 is 0 Å². The van der Waals surface area contributed by atoms with E-state index in [1.54, 1.807) is 0 Å². The van der Waals surface area contributed by atoms with Gasteiger partial charge in [-0.2, -0.15) is 0 Å². The van der Waals surface area contributed by atoms with Crippen LogP contribution in [0.5, 0.6) is 0 Å². The van der Waals surface area contributed by atoms with E-state index >= 15 is 0 Å². The summed E-state index contributed by atoms with van der Waals surface area (Å²) in [5.41, 5.74) is 5.93. The lowest BCUT2D eigenvalue weighted by atomic mass is 10.7. The Morgan fingerprint density at radius 1 is 1.88 bits per heavy atom. The van der Waals surface area contributed by atoms with Gasteiger partial charge in [0.15, 0.2) is 0 Å². The van der Waals surface area contributed by atoms with E-state index in [0.29, 0.717) is 11.9 Å². The van der Waals surface area contributed by atoms with Crippen molar-refractivity contribution in [2.24, 2.45) is 0 Å². The molecule has 47 valence electrons. The first kappa shape index (κ1) is 7.91. The first-order chi connectivity index (χ1) is 3.81. The largest absolute Gasteiger partial charge is 0.273 e. The maximum Gasteiger partial charge on any atom is 0.246 e. The molecule has 0 saturated heterocycles. The fraction of sp³-hybridized carbons (Fsp3) is 0.750. The van der Waals surface area contributed by atoms with Crippen molar-refractivity contribution in [3.8, 4) is 0 Å². The molecule has 0 unspecified atom stereocenters. The van der Waals surface area contributed by atoms with E-state index in [0.717, 1.165) is 0 Å². The molecule has 0 aliphatic rings. The Hall–Kier alpha value is -0.0900. The minimum absolute atomic E-state index is 0.105. The van der Waals surface area contributed by atoms with E-state index in [-0.39, 0.29) is 5.91 Å². The first-order valence-corrected chi connectivity index (χ1v) is 3.44. The fourth-order valence-corrected chi connectivity index (χ4v) is 0.322. The van der Waals surface area contributed by atoms with Crippen molar-refractivity contribution in [2.45, 2.75) is 6.92 Å². The molecule has 1 amide bonds. The summed E-state index contributed by atoms with van der Waals surface area (Å²) in [6.45, 7) is 2.48. The molecule has 0 aliphatic carbocycles. The fourth-order valence-electron chi connectivity index (χ4n) is 0.197. The van der Waals surface area contributed by atoms with Crippen LogP contribution in [-0.2, 0) is 4.79 Å². The molecule has 0 atom stereocenters. The Morgan fingerprint density at radius 3 is 2.88 bits per heavy atom. The maximum atomic E-state index is 10.3. The number of hydrogen-bond donors (Lipinski definition) is 1. The van der Waals surface area contributed by atoms with Gasteiger partial charge in [0.25, 0.3) is 0 Å². The first-order valence-electron chi connectivity index (χ1n) is 2.32. The van der Waals surface area contributed by atoms with Gasteiger partial charge in [-0.3, -0.25) is 10.2 Å². The second-order valence-corrected chi connectivity index (χ2v) is 1.70. The third-order valence-electron chi connectivity index (χ3n) is 0.483. The monoisotopic (exact) mass is 179 g/mol. The summed E-state index contributed by atoms with van der Waals surface area (Å²) in [6, 6.07) is 0. The number of carbonyl (C=O) groups excluding carboxylic acids is 1. The lowest BCUT2D eigenvalue weighted by Crippen LogP contribution is -2.31. The molecule has 4 heteroatoms. The minimum atomic E-state index is -0.105. The molecule has 0 fully saturated rings. The van der Waals surface area contributed by atoms with Crippen molar-refractivity contribution >= 4 is 21.8 Å². The van der Waals surface area contributed by atoms with Gasteiger partial charge in [0.05, 0.1) is 5.33 Å². The van der Waals surface area contributed by atoms with Gasteiger partial charge >= 0.3 is 0 Å². The second kappa shape index (κ2) is 5.05. The summed E-state index contributed by atoms with van der Waals surface area (Å²) in [7, 11) is 0. The van der Waals surface area contributed by atoms with Gasteiger partial charge in [-0.05, 0) is 6.92 Å². The molecule has 0 spiro atoms. The van der Waals surface area contributed by atoms with Crippen LogP contribution in [0.2, 0.25) is 0 Å².